The van der Waals surface area contributed by atoms with Crippen LogP contribution in [0, 0.1) is 6.92 Å². The van der Waals surface area contributed by atoms with E-state index in [1.807, 2.05) is 12.1 Å². The van der Waals surface area contributed by atoms with Crippen LogP contribution in [0.25, 0.3) is 5.76 Å². The first kappa shape index (κ1) is 19.8. The van der Waals surface area contributed by atoms with Gasteiger partial charge < -0.3 is 5.11 Å². The Kier molecular flexibility index (Phi) is 5.24. The molecule has 2 aromatic carbocycles. The van der Waals surface area contributed by atoms with Crippen molar-refractivity contribution in [2.45, 2.75) is 13.0 Å². The fourth-order valence-electron chi connectivity index (χ4n) is 3.14. The molecule has 0 saturated carbocycles. The molecule has 3 aromatic rings. The molecular weight excluding hydrogens is 478 g/mol. The third-order valence-corrected chi connectivity index (χ3v) is 6.09. The van der Waals surface area contributed by atoms with Gasteiger partial charge in [-0.25, -0.2) is 0 Å². The lowest BCUT2D eigenvalue weighted by atomic mass is 9.95. The second kappa shape index (κ2) is 7.70. The van der Waals surface area contributed by atoms with Gasteiger partial charge in [-0.2, -0.15) is 0 Å². The normalized spacial score (nSPS) is 18.4. The first-order valence-corrected chi connectivity index (χ1v) is 10.5. The minimum Gasteiger partial charge on any atom is -0.507 e. The van der Waals surface area contributed by atoms with Gasteiger partial charge in [-0.15, -0.1) is 10.2 Å². The Hall–Kier alpha value is -2.55. The van der Waals surface area contributed by atoms with Crippen molar-refractivity contribution in [1.82, 2.24) is 10.2 Å². The van der Waals surface area contributed by atoms with Gasteiger partial charge in [-0.3, -0.25) is 14.5 Å². The van der Waals surface area contributed by atoms with Crippen LogP contribution >= 0.6 is 38.9 Å². The zero-order chi connectivity index (χ0) is 20.7. The summed E-state index contributed by atoms with van der Waals surface area (Å²) < 4.78 is 0.850. The van der Waals surface area contributed by atoms with E-state index >= 15 is 0 Å². The topological polar surface area (TPSA) is 83.4 Å². The maximum absolute atomic E-state index is 12.9. The number of hydrogen-bond acceptors (Lipinski definition) is 6. The number of carbonyl (C=O) groups excluding carboxylic acids is 2. The monoisotopic (exact) mass is 489 g/mol. The van der Waals surface area contributed by atoms with E-state index in [9.17, 15) is 14.7 Å². The number of ketones is 1. The molecule has 6 nitrogen and oxygen atoms in total. The number of benzene rings is 2. The van der Waals surface area contributed by atoms with Gasteiger partial charge in [0.1, 0.15) is 10.8 Å². The summed E-state index contributed by atoms with van der Waals surface area (Å²) in [4.78, 5) is 27.1. The van der Waals surface area contributed by atoms with Crippen LogP contribution in [0.4, 0.5) is 5.13 Å². The highest BCUT2D eigenvalue weighted by molar-refractivity contribution is 9.10. The Labute approximate surface area is 183 Å². The molecule has 0 spiro atoms. The van der Waals surface area contributed by atoms with Crippen molar-refractivity contribution in [3.8, 4) is 0 Å². The van der Waals surface area contributed by atoms with Gasteiger partial charge in [-0.1, -0.05) is 51.0 Å². The lowest BCUT2D eigenvalue weighted by Crippen LogP contribution is -2.29. The first-order chi connectivity index (χ1) is 13.9. The van der Waals surface area contributed by atoms with E-state index in [0.29, 0.717) is 26.3 Å². The van der Waals surface area contributed by atoms with Crippen LogP contribution in [0.2, 0.25) is 5.02 Å². The van der Waals surface area contributed by atoms with E-state index in [2.05, 4.69) is 26.1 Å². The number of hydrogen-bond donors (Lipinski definition) is 1. The average molecular weight is 491 g/mol. The summed E-state index contributed by atoms with van der Waals surface area (Å²) in [5, 5.41) is 20.4. The SMILES string of the molecule is Cc1nnc(N2C(=O)C(=O)C(=C(O)c3ccc(Cl)cc3)[C@@H]2c2ccc(Br)cc2)s1. The number of aliphatic hydroxyl groups excluding tert-OH is 1. The third kappa shape index (κ3) is 3.59. The maximum atomic E-state index is 12.9. The fraction of sp³-hybridized carbons (Fsp3) is 0.100. The van der Waals surface area contributed by atoms with Crippen LogP contribution in [-0.2, 0) is 9.59 Å². The Bertz CT molecular complexity index is 1140. The van der Waals surface area contributed by atoms with Crippen molar-refractivity contribution < 1.29 is 14.7 Å². The van der Waals surface area contributed by atoms with E-state index in [1.54, 1.807) is 43.3 Å². The zero-order valence-corrected chi connectivity index (χ0v) is 18.1. The van der Waals surface area contributed by atoms with E-state index in [4.69, 9.17) is 11.6 Å². The standard InChI is InChI=1S/C20H13BrClN3O3S/c1-10-23-24-20(29-10)25-16(11-2-6-13(21)7-3-11)15(18(27)19(25)28)17(26)12-4-8-14(22)9-5-12/h2-9,16,26H,1H3/t16-/m0/s1. The van der Waals surface area contributed by atoms with Crippen molar-refractivity contribution >= 4 is 61.4 Å². The number of aromatic nitrogens is 2. The van der Waals surface area contributed by atoms with Crippen LogP contribution in [-0.4, -0.2) is 27.0 Å². The molecule has 1 fully saturated rings. The largest absolute Gasteiger partial charge is 0.507 e. The number of aliphatic hydroxyl groups is 1. The summed E-state index contributed by atoms with van der Waals surface area (Å²) in [5.74, 6) is -1.81. The number of halogens is 2. The molecule has 146 valence electrons. The Morgan fingerprint density at radius 1 is 1.10 bits per heavy atom. The van der Waals surface area contributed by atoms with Crippen molar-refractivity contribution in [1.29, 1.82) is 0 Å². The van der Waals surface area contributed by atoms with Crippen LogP contribution < -0.4 is 4.90 Å². The van der Waals surface area contributed by atoms with Gasteiger partial charge >= 0.3 is 5.91 Å². The minimum atomic E-state index is -0.828. The van der Waals surface area contributed by atoms with Crippen molar-refractivity contribution in [3.05, 3.63) is 79.7 Å². The van der Waals surface area contributed by atoms with Gasteiger partial charge in [0.25, 0.3) is 5.78 Å². The molecule has 0 aliphatic carbocycles. The highest BCUT2D eigenvalue weighted by Crippen LogP contribution is 2.43. The second-order valence-corrected chi connectivity index (χ2v) is 8.84. The minimum absolute atomic E-state index is 0.00695. The van der Waals surface area contributed by atoms with Crippen molar-refractivity contribution in [3.63, 3.8) is 0 Å². The third-order valence-electron chi connectivity index (χ3n) is 4.47. The number of anilines is 1. The molecule has 4 rings (SSSR count). The molecule has 9 heteroatoms. The lowest BCUT2D eigenvalue weighted by Gasteiger charge is -2.22. The van der Waals surface area contributed by atoms with Gasteiger partial charge in [0, 0.05) is 15.1 Å². The highest BCUT2D eigenvalue weighted by Gasteiger charge is 2.48. The van der Waals surface area contributed by atoms with Gasteiger partial charge in [-0.05, 0) is 48.9 Å². The molecule has 1 aromatic heterocycles. The summed E-state index contributed by atoms with van der Waals surface area (Å²) in [7, 11) is 0. The number of amides is 1. The predicted molar refractivity (Wildman–Crippen MR) is 115 cm³/mol. The zero-order valence-electron chi connectivity index (χ0n) is 15.0. The van der Waals surface area contributed by atoms with Crippen molar-refractivity contribution in [2.24, 2.45) is 0 Å². The van der Waals surface area contributed by atoms with Gasteiger partial charge in [0.2, 0.25) is 5.13 Å². The van der Waals surface area contributed by atoms with E-state index in [0.717, 1.165) is 4.47 Å². The summed E-state index contributed by atoms with van der Waals surface area (Å²) >= 11 is 10.5. The molecule has 29 heavy (non-hydrogen) atoms. The Morgan fingerprint density at radius 3 is 2.34 bits per heavy atom. The van der Waals surface area contributed by atoms with Gasteiger partial charge in [0.05, 0.1) is 11.6 Å². The van der Waals surface area contributed by atoms with E-state index < -0.39 is 17.7 Å². The van der Waals surface area contributed by atoms with E-state index in [-0.39, 0.29) is 11.3 Å². The van der Waals surface area contributed by atoms with Crippen molar-refractivity contribution in [2.75, 3.05) is 4.90 Å². The predicted octanol–water partition coefficient (Wildman–Crippen LogP) is 4.89. The molecule has 1 aliphatic rings. The molecule has 1 atom stereocenters. The number of nitrogens with zero attached hydrogens (tertiary/aromatic N) is 3. The summed E-state index contributed by atoms with van der Waals surface area (Å²) in [5.41, 5.74) is 1.05. The number of rotatable bonds is 3. The number of carbonyl (C=O) groups is 2. The summed E-state index contributed by atoms with van der Waals surface area (Å²) in [6.07, 6.45) is 0. The summed E-state index contributed by atoms with van der Waals surface area (Å²) in [6, 6.07) is 12.8. The molecule has 1 N–H and O–H groups in total. The maximum Gasteiger partial charge on any atom is 0.301 e. The lowest BCUT2D eigenvalue weighted by molar-refractivity contribution is -0.132. The average Bonchev–Trinajstić information content (AvgIpc) is 3.24. The molecule has 0 bridgehead atoms. The number of Topliss-reactive ketones (excluding diaryl/α,β-unsaturated/α-hetero) is 1. The molecule has 1 saturated heterocycles. The summed E-state index contributed by atoms with van der Waals surface area (Å²) in [6.45, 7) is 1.76. The van der Waals surface area contributed by atoms with E-state index in [1.165, 1.54) is 16.2 Å². The Balaban J connectivity index is 1.93. The van der Waals surface area contributed by atoms with Crippen LogP contribution in [0.5, 0.6) is 0 Å². The van der Waals surface area contributed by atoms with Crippen LogP contribution in [0.3, 0.4) is 0 Å². The second-order valence-electron chi connectivity index (χ2n) is 6.33. The first-order valence-electron chi connectivity index (χ1n) is 8.49. The highest BCUT2D eigenvalue weighted by atomic mass is 79.9. The number of aryl methyl sites for hydroxylation is 1. The molecule has 2 heterocycles. The van der Waals surface area contributed by atoms with Gasteiger partial charge in [0.15, 0.2) is 0 Å². The molecule has 0 radical (unpaired) electrons. The fourth-order valence-corrected chi connectivity index (χ4v) is 4.24. The smallest absolute Gasteiger partial charge is 0.301 e. The molecule has 1 aliphatic heterocycles. The quantitative estimate of drug-likeness (QED) is 0.321. The van der Waals surface area contributed by atoms with Crippen LogP contribution in [0.1, 0.15) is 22.2 Å². The van der Waals surface area contributed by atoms with Crippen LogP contribution in [0.15, 0.2) is 58.6 Å². The molecule has 0 unspecified atom stereocenters. The molecular formula is C20H13BrClN3O3S. The Morgan fingerprint density at radius 2 is 1.76 bits per heavy atom. The molecule has 1 amide bonds.